The SMILES string of the molecule is CC(C)(C)[C@@H](C#Cc1ccccc1)N1CCc2ccccc2C1. The average molecular weight is 303 g/mol. The normalized spacial score (nSPS) is 16.1. The van der Waals surface area contributed by atoms with Crippen molar-refractivity contribution < 1.29 is 0 Å². The van der Waals surface area contributed by atoms with Gasteiger partial charge in [-0.15, -0.1) is 0 Å². The van der Waals surface area contributed by atoms with Gasteiger partial charge in [0.2, 0.25) is 0 Å². The lowest BCUT2D eigenvalue weighted by Gasteiger charge is -2.39. The molecule has 1 heterocycles. The van der Waals surface area contributed by atoms with E-state index in [0.717, 1.165) is 25.1 Å². The van der Waals surface area contributed by atoms with Gasteiger partial charge in [-0.1, -0.05) is 75.1 Å². The Hall–Kier alpha value is -2.04. The maximum atomic E-state index is 3.55. The Labute approximate surface area is 140 Å². The summed E-state index contributed by atoms with van der Waals surface area (Å²) in [7, 11) is 0. The second kappa shape index (κ2) is 6.60. The van der Waals surface area contributed by atoms with E-state index >= 15 is 0 Å². The van der Waals surface area contributed by atoms with Crippen molar-refractivity contribution in [3.8, 4) is 11.8 Å². The third-order valence-electron chi connectivity index (χ3n) is 4.47. The average Bonchev–Trinajstić information content (AvgIpc) is 2.54. The number of hydrogen-bond acceptors (Lipinski definition) is 1. The van der Waals surface area contributed by atoms with Crippen LogP contribution in [0.1, 0.15) is 37.5 Å². The van der Waals surface area contributed by atoms with Gasteiger partial charge < -0.3 is 0 Å². The summed E-state index contributed by atoms with van der Waals surface area (Å²) in [6.07, 6.45) is 1.12. The van der Waals surface area contributed by atoms with Gasteiger partial charge in [-0.2, -0.15) is 0 Å². The maximum Gasteiger partial charge on any atom is 0.0770 e. The first-order chi connectivity index (χ1) is 11.0. The fourth-order valence-electron chi connectivity index (χ4n) is 3.27. The molecule has 3 rings (SSSR count). The molecule has 0 saturated heterocycles. The molecule has 0 amide bonds. The standard InChI is InChI=1S/C22H25N/c1-22(2,3)21(14-13-18-9-5-4-6-10-18)23-16-15-19-11-7-8-12-20(19)17-23/h4-12,21H,15-17H2,1-3H3/t21-/m1/s1. The molecule has 2 aromatic carbocycles. The predicted octanol–water partition coefficient (Wildman–Crippen LogP) is 4.51. The van der Waals surface area contributed by atoms with Crippen LogP contribution in [0.25, 0.3) is 0 Å². The zero-order valence-corrected chi connectivity index (χ0v) is 14.3. The van der Waals surface area contributed by atoms with E-state index in [1.807, 2.05) is 18.2 Å². The Balaban J connectivity index is 1.85. The van der Waals surface area contributed by atoms with Crippen LogP contribution >= 0.6 is 0 Å². The molecule has 1 aliphatic heterocycles. The van der Waals surface area contributed by atoms with Crippen molar-refractivity contribution in [3.63, 3.8) is 0 Å². The van der Waals surface area contributed by atoms with Crippen molar-refractivity contribution >= 4 is 0 Å². The van der Waals surface area contributed by atoms with Gasteiger partial charge in [0, 0.05) is 18.7 Å². The monoisotopic (exact) mass is 303 g/mol. The minimum atomic E-state index is 0.133. The zero-order valence-electron chi connectivity index (χ0n) is 14.3. The van der Waals surface area contributed by atoms with Gasteiger partial charge in [-0.25, -0.2) is 0 Å². The molecule has 0 aliphatic carbocycles. The van der Waals surface area contributed by atoms with E-state index in [1.54, 1.807) is 0 Å². The Kier molecular flexibility index (Phi) is 4.55. The smallest absolute Gasteiger partial charge is 0.0770 e. The summed E-state index contributed by atoms with van der Waals surface area (Å²) in [6, 6.07) is 19.4. The Bertz CT molecular complexity index is 713. The zero-order chi connectivity index (χ0) is 16.3. The van der Waals surface area contributed by atoms with Gasteiger partial charge >= 0.3 is 0 Å². The van der Waals surface area contributed by atoms with E-state index in [-0.39, 0.29) is 11.5 Å². The van der Waals surface area contributed by atoms with Gasteiger partial charge in [0.05, 0.1) is 6.04 Å². The first kappa shape index (κ1) is 15.8. The summed E-state index contributed by atoms with van der Waals surface area (Å²) in [5.41, 5.74) is 4.18. The van der Waals surface area contributed by atoms with E-state index in [4.69, 9.17) is 0 Å². The molecule has 0 radical (unpaired) electrons. The number of nitrogens with zero attached hydrogens (tertiary/aromatic N) is 1. The molecule has 0 N–H and O–H groups in total. The number of hydrogen-bond donors (Lipinski definition) is 0. The Morgan fingerprint density at radius 1 is 0.913 bits per heavy atom. The van der Waals surface area contributed by atoms with Gasteiger partial charge in [0.15, 0.2) is 0 Å². The van der Waals surface area contributed by atoms with Crippen LogP contribution in [0.15, 0.2) is 54.6 Å². The van der Waals surface area contributed by atoms with Crippen LogP contribution in [-0.2, 0) is 13.0 Å². The van der Waals surface area contributed by atoms with Crippen molar-refractivity contribution in [2.75, 3.05) is 6.54 Å². The molecule has 118 valence electrons. The van der Waals surface area contributed by atoms with Crippen LogP contribution in [0.2, 0.25) is 0 Å². The van der Waals surface area contributed by atoms with Gasteiger partial charge in [0.1, 0.15) is 0 Å². The maximum absolute atomic E-state index is 3.55. The third kappa shape index (κ3) is 3.84. The number of fused-ring (bicyclic) bond motifs is 1. The summed E-state index contributed by atoms with van der Waals surface area (Å²) in [6.45, 7) is 8.96. The van der Waals surface area contributed by atoms with Gasteiger partial charge in [-0.3, -0.25) is 4.90 Å². The van der Waals surface area contributed by atoms with Crippen LogP contribution < -0.4 is 0 Å². The lowest BCUT2D eigenvalue weighted by Crippen LogP contribution is -2.45. The molecule has 2 aromatic rings. The molecule has 1 nitrogen and oxygen atoms in total. The van der Waals surface area contributed by atoms with E-state index < -0.39 is 0 Å². The van der Waals surface area contributed by atoms with E-state index in [0.29, 0.717) is 0 Å². The van der Waals surface area contributed by atoms with Gasteiger partial charge in [0.25, 0.3) is 0 Å². The first-order valence-corrected chi connectivity index (χ1v) is 8.41. The number of rotatable bonds is 1. The fraction of sp³-hybridized carbons (Fsp3) is 0.364. The molecular formula is C22H25N. The van der Waals surface area contributed by atoms with Crippen LogP contribution in [0.4, 0.5) is 0 Å². The summed E-state index contributed by atoms with van der Waals surface area (Å²) in [4.78, 5) is 2.54. The lowest BCUT2D eigenvalue weighted by atomic mass is 9.84. The van der Waals surface area contributed by atoms with Crippen LogP contribution in [-0.4, -0.2) is 17.5 Å². The molecule has 0 aromatic heterocycles. The molecule has 1 heteroatoms. The Morgan fingerprint density at radius 2 is 1.57 bits per heavy atom. The number of benzene rings is 2. The first-order valence-electron chi connectivity index (χ1n) is 8.41. The van der Waals surface area contributed by atoms with Crippen molar-refractivity contribution in [1.82, 2.24) is 4.90 Å². The molecule has 0 bridgehead atoms. The minimum absolute atomic E-state index is 0.133. The molecule has 0 fully saturated rings. The molecule has 1 atom stereocenters. The molecule has 23 heavy (non-hydrogen) atoms. The van der Waals surface area contributed by atoms with Crippen molar-refractivity contribution in [2.24, 2.45) is 5.41 Å². The molecular weight excluding hydrogens is 278 g/mol. The largest absolute Gasteiger partial charge is 0.285 e. The van der Waals surface area contributed by atoms with Crippen LogP contribution in [0.3, 0.4) is 0 Å². The van der Waals surface area contributed by atoms with Crippen molar-refractivity contribution in [2.45, 2.75) is 39.8 Å². The fourth-order valence-corrected chi connectivity index (χ4v) is 3.27. The highest BCUT2D eigenvalue weighted by Gasteiger charge is 2.31. The van der Waals surface area contributed by atoms with Crippen LogP contribution in [0, 0.1) is 17.3 Å². The molecule has 1 aliphatic rings. The van der Waals surface area contributed by atoms with Gasteiger partial charge in [-0.05, 0) is 35.1 Å². The predicted molar refractivity (Wildman–Crippen MR) is 97.1 cm³/mol. The summed E-state index contributed by atoms with van der Waals surface area (Å²) < 4.78 is 0. The van der Waals surface area contributed by atoms with Crippen molar-refractivity contribution in [1.29, 1.82) is 0 Å². The Morgan fingerprint density at radius 3 is 2.26 bits per heavy atom. The second-order valence-electron chi connectivity index (χ2n) is 7.39. The summed E-state index contributed by atoms with van der Waals surface area (Å²) >= 11 is 0. The summed E-state index contributed by atoms with van der Waals surface area (Å²) in [5.74, 6) is 6.93. The third-order valence-corrected chi connectivity index (χ3v) is 4.47. The minimum Gasteiger partial charge on any atom is -0.285 e. The summed E-state index contributed by atoms with van der Waals surface area (Å²) in [5, 5.41) is 0. The topological polar surface area (TPSA) is 3.24 Å². The highest BCUT2D eigenvalue weighted by Crippen LogP contribution is 2.29. The molecule has 0 unspecified atom stereocenters. The quantitative estimate of drug-likeness (QED) is 0.701. The van der Waals surface area contributed by atoms with Crippen molar-refractivity contribution in [3.05, 3.63) is 71.3 Å². The lowest BCUT2D eigenvalue weighted by molar-refractivity contribution is 0.128. The molecule has 0 saturated carbocycles. The second-order valence-corrected chi connectivity index (χ2v) is 7.39. The highest BCUT2D eigenvalue weighted by molar-refractivity contribution is 5.36. The molecule has 0 spiro atoms. The van der Waals surface area contributed by atoms with Crippen LogP contribution in [0.5, 0.6) is 0 Å². The van der Waals surface area contributed by atoms with E-state index in [9.17, 15) is 0 Å². The van der Waals surface area contributed by atoms with E-state index in [1.165, 1.54) is 11.1 Å². The highest BCUT2D eigenvalue weighted by atomic mass is 15.2. The van der Waals surface area contributed by atoms with E-state index in [2.05, 4.69) is 73.9 Å².